The van der Waals surface area contributed by atoms with Crippen molar-refractivity contribution in [3.63, 3.8) is 0 Å². The van der Waals surface area contributed by atoms with Crippen LogP contribution in [0.1, 0.15) is 50.3 Å². The van der Waals surface area contributed by atoms with Crippen LogP contribution >= 0.6 is 0 Å². The summed E-state index contributed by atoms with van der Waals surface area (Å²) in [6.45, 7) is 9.25. The smallest absolute Gasteiger partial charge is 0.264 e. The van der Waals surface area contributed by atoms with E-state index in [1.54, 1.807) is 24.3 Å². The molecule has 0 radical (unpaired) electrons. The van der Waals surface area contributed by atoms with Crippen molar-refractivity contribution in [2.75, 3.05) is 10.8 Å². The zero-order valence-electron chi connectivity index (χ0n) is 23.4. The molecule has 39 heavy (non-hydrogen) atoms. The molecule has 3 rings (SSSR count). The Morgan fingerprint density at radius 3 is 2.05 bits per heavy atom. The average molecular weight is 550 g/mol. The molecule has 7 nitrogen and oxygen atoms in total. The number of carbonyl (C=O) groups is 2. The second-order valence-corrected chi connectivity index (χ2v) is 11.7. The molecule has 208 valence electrons. The Morgan fingerprint density at radius 2 is 1.49 bits per heavy atom. The molecular formula is C31H39N3O4S. The first-order valence-corrected chi connectivity index (χ1v) is 14.8. The van der Waals surface area contributed by atoms with Gasteiger partial charge < -0.3 is 10.2 Å². The molecule has 0 spiro atoms. The highest BCUT2D eigenvalue weighted by molar-refractivity contribution is 7.92. The number of aryl methyl sites for hydroxylation is 2. The minimum absolute atomic E-state index is 0.0506. The van der Waals surface area contributed by atoms with Crippen LogP contribution in [0, 0.1) is 13.8 Å². The second kappa shape index (κ2) is 13.4. The van der Waals surface area contributed by atoms with Crippen LogP contribution in [-0.2, 0) is 26.2 Å². The monoisotopic (exact) mass is 549 g/mol. The fraction of sp³-hybridized carbons (Fsp3) is 0.355. The van der Waals surface area contributed by atoms with Crippen molar-refractivity contribution < 1.29 is 18.0 Å². The lowest BCUT2D eigenvalue weighted by molar-refractivity contribution is -0.140. The fourth-order valence-electron chi connectivity index (χ4n) is 4.46. The molecule has 0 bridgehead atoms. The number of sulfonamides is 1. The Balaban J connectivity index is 2.07. The summed E-state index contributed by atoms with van der Waals surface area (Å²) in [5, 5.41) is 2.99. The van der Waals surface area contributed by atoms with Crippen LogP contribution in [0.2, 0.25) is 0 Å². The van der Waals surface area contributed by atoms with E-state index in [2.05, 4.69) is 5.32 Å². The summed E-state index contributed by atoms with van der Waals surface area (Å²) < 4.78 is 29.0. The van der Waals surface area contributed by atoms with Gasteiger partial charge in [0, 0.05) is 12.6 Å². The Kier molecular flexibility index (Phi) is 10.3. The van der Waals surface area contributed by atoms with Crippen LogP contribution in [0.25, 0.3) is 0 Å². The summed E-state index contributed by atoms with van der Waals surface area (Å²) in [4.78, 5) is 29.0. The third-order valence-corrected chi connectivity index (χ3v) is 8.59. The molecule has 0 aromatic heterocycles. The molecule has 0 unspecified atom stereocenters. The van der Waals surface area contributed by atoms with Gasteiger partial charge >= 0.3 is 0 Å². The summed E-state index contributed by atoms with van der Waals surface area (Å²) in [6.07, 6.45) is 1.14. The molecule has 0 saturated carbocycles. The topological polar surface area (TPSA) is 86.8 Å². The van der Waals surface area contributed by atoms with Gasteiger partial charge in [-0.05, 0) is 62.9 Å². The quantitative estimate of drug-likeness (QED) is 0.336. The Labute approximate surface area is 232 Å². The van der Waals surface area contributed by atoms with Gasteiger partial charge in [-0.1, -0.05) is 80.1 Å². The van der Waals surface area contributed by atoms with Crippen molar-refractivity contribution in [1.82, 2.24) is 10.2 Å². The van der Waals surface area contributed by atoms with Crippen LogP contribution in [0.4, 0.5) is 5.69 Å². The van der Waals surface area contributed by atoms with Crippen molar-refractivity contribution in [2.24, 2.45) is 0 Å². The normalized spacial score (nSPS) is 12.8. The summed E-state index contributed by atoms with van der Waals surface area (Å²) in [7, 11) is -4.08. The standard InChI is InChI=1S/C31H39N3O4S/c1-6-25(5)32-31(36)28(7-2)33(21-26-14-10-8-11-15-26)30(35)22-34(29-19-18-23(3)20-24(29)4)39(37,38)27-16-12-9-13-17-27/h8-20,25,28H,6-7,21-22H2,1-5H3,(H,32,36)/t25-,28+/m1/s1. The highest BCUT2D eigenvalue weighted by atomic mass is 32.2. The molecule has 0 aliphatic rings. The van der Waals surface area contributed by atoms with E-state index in [1.807, 2.05) is 77.1 Å². The summed E-state index contributed by atoms with van der Waals surface area (Å²) >= 11 is 0. The third kappa shape index (κ3) is 7.47. The molecule has 8 heteroatoms. The van der Waals surface area contributed by atoms with Gasteiger partial charge in [0.1, 0.15) is 12.6 Å². The molecular weight excluding hydrogens is 510 g/mol. The minimum atomic E-state index is -4.08. The Morgan fingerprint density at radius 1 is 0.872 bits per heavy atom. The van der Waals surface area contributed by atoms with Gasteiger partial charge in [-0.2, -0.15) is 0 Å². The molecule has 0 heterocycles. The predicted molar refractivity (Wildman–Crippen MR) is 156 cm³/mol. The number of carbonyl (C=O) groups excluding carboxylic acids is 2. The Hall–Kier alpha value is -3.65. The third-order valence-electron chi connectivity index (χ3n) is 6.81. The maximum atomic E-state index is 14.1. The number of benzene rings is 3. The van der Waals surface area contributed by atoms with Crippen molar-refractivity contribution >= 4 is 27.5 Å². The molecule has 0 aliphatic carbocycles. The summed E-state index contributed by atoms with van der Waals surface area (Å²) in [6, 6.07) is 22.2. The lowest BCUT2D eigenvalue weighted by Gasteiger charge is -2.34. The largest absolute Gasteiger partial charge is 0.352 e. The van der Waals surface area contributed by atoms with E-state index < -0.39 is 28.5 Å². The summed E-state index contributed by atoms with van der Waals surface area (Å²) in [5.74, 6) is -0.704. The molecule has 1 N–H and O–H groups in total. The fourth-order valence-corrected chi connectivity index (χ4v) is 5.96. The first-order valence-electron chi connectivity index (χ1n) is 13.4. The minimum Gasteiger partial charge on any atom is -0.352 e. The predicted octanol–water partition coefficient (Wildman–Crippen LogP) is 5.22. The van der Waals surface area contributed by atoms with E-state index in [0.29, 0.717) is 12.1 Å². The van der Waals surface area contributed by atoms with Crippen LogP contribution in [0.5, 0.6) is 0 Å². The summed E-state index contributed by atoms with van der Waals surface area (Å²) in [5.41, 5.74) is 3.00. The average Bonchev–Trinajstić information content (AvgIpc) is 2.92. The number of hydrogen-bond donors (Lipinski definition) is 1. The highest BCUT2D eigenvalue weighted by Gasteiger charge is 2.34. The van der Waals surface area contributed by atoms with Crippen molar-refractivity contribution in [3.05, 3.63) is 95.6 Å². The van der Waals surface area contributed by atoms with Gasteiger partial charge in [-0.25, -0.2) is 8.42 Å². The molecule has 2 amide bonds. The van der Waals surface area contributed by atoms with E-state index >= 15 is 0 Å². The van der Waals surface area contributed by atoms with E-state index in [9.17, 15) is 18.0 Å². The molecule has 0 fully saturated rings. The zero-order chi connectivity index (χ0) is 28.6. The van der Waals surface area contributed by atoms with Crippen LogP contribution in [0.15, 0.2) is 83.8 Å². The van der Waals surface area contributed by atoms with Gasteiger partial charge in [-0.15, -0.1) is 0 Å². The lowest BCUT2D eigenvalue weighted by Crippen LogP contribution is -2.53. The van der Waals surface area contributed by atoms with Gasteiger partial charge in [0.05, 0.1) is 10.6 Å². The SMILES string of the molecule is CC[C@@H](C)NC(=O)[C@H](CC)N(Cc1ccccc1)C(=O)CN(c1ccc(C)cc1C)S(=O)(=O)c1ccccc1. The van der Waals surface area contributed by atoms with Crippen molar-refractivity contribution in [2.45, 2.75) is 71.0 Å². The Bertz CT molecular complexity index is 1360. The van der Waals surface area contributed by atoms with Gasteiger partial charge in [0.2, 0.25) is 11.8 Å². The van der Waals surface area contributed by atoms with Crippen LogP contribution in [0.3, 0.4) is 0 Å². The first-order chi connectivity index (χ1) is 18.6. The van der Waals surface area contributed by atoms with E-state index in [-0.39, 0.29) is 23.4 Å². The number of nitrogens with zero attached hydrogens (tertiary/aromatic N) is 2. The molecule has 3 aromatic carbocycles. The molecule has 3 aromatic rings. The van der Waals surface area contributed by atoms with E-state index in [0.717, 1.165) is 27.4 Å². The van der Waals surface area contributed by atoms with Crippen molar-refractivity contribution in [1.29, 1.82) is 0 Å². The number of rotatable bonds is 12. The van der Waals surface area contributed by atoms with Crippen LogP contribution in [-0.4, -0.2) is 43.8 Å². The van der Waals surface area contributed by atoms with Gasteiger partial charge in [0.25, 0.3) is 10.0 Å². The number of nitrogens with one attached hydrogen (secondary N) is 1. The van der Waals surface area contributed by atoms with Gasteiger partial charge in [-0.3, -0.25) is 13.9 Å². The molecule has 2 atom stereocenters. The maximum absolute atomic E-state index is 14.1. The van der Waals surface area contributed by atoms with Crippen molar-refractivity contribution in [3.8, 4) is 0 Å². The lowest BCUT2D eigenvalue weighted by atomic mass is 10.1. The zero-order valence-corrected chi connectivity index (χ0v) is 24.2. The number of anilines is 1. The van der Waals surface area contributed by atoms with Crippen LogP contribution < -0.4 is 9.62 Å². The van der Waals surface area contributed by atoms with Gasteiger partial charge in [0.15, 0.2) is 0 Å². The number of hydrogen-bond acceptors (Lipinski definition) is 4. The molecule has 0 aliphatic heterocycles. The van der Waals surface area contributed by atoms with E-state index in [1.165, 1.54) is 17.0 Å². The second-order valence-electron chi connectivity index (χ2n) is 9.86. The maximum Gasteiger partial charge on any atom is 0.264 e. The van der Waals surface area contributed by atoms with E-state index in [4.69, 9.17) is 0 Å². The first kappa shape index (κ1) is 29.9. The highest BCUT2D eigenvalue weighted by Crippen LogP contribution is 2.28. The molecule has 0 saturated heterocycles. The number of amides is 2.